The lowest BCUT2D eigenvalue weighted by Gasteiger charge is -2.30. The quantitative estimate of drug-likeness (QED) is 0.829. The van der Waals surface area contributed by atoms with Crippen molar-refractivity contribution in [2.45, 2.75) is 19.4 Å². The Balaban J connectivity index is 2.00. The van der Waals surface area contributed by atoms with Crippen LogP contribution in [0.1, 0.15) is 18.4 Å². The van der Waals surface area contributed by atoms with Crippen LogP contribution in [0.4, 0.5) is 5.69 Å². The van der Waals surface area contributed by atoms with Gasteiger partial charge in [-0.15, -0.1) is 0 Å². The Labute approximate surface area is 130 Å². The molecule has 1 unspecified atom stereocenters. The molecule has 0 aliphatic carbocycles. The van der Waals surface area contributed by atoms with E-state index in [0.29, 0.717) is 13.1 Å². The average Bonchev–Trinajstić information content (AvgIpc) is 2.47. The van der Waals surface area contributed by atoms with E-state index in [1.165, 1.54) is 0 Å². The smallest absolute Gasteiger partial charge is 0.323 e. The third-order valence-electron chi connectivity index (χ3n) is 3.98. The number of carboxylic acid groups (broad SMARTS) is 2. The van der Waals surface area contributed by atoms with Crippen molar-refractivity contribution in [1.82, 2.24) is 4.90 Å². The van der Waals surface area contributed by atoms with Crippen molar-refractivity contribution in [2.24, 2.45) is 5.92 Å². The monoisotopic (exact) mass is 306 g/mol. The molecule has 1 heterocycles. The fourth-order valence-corrected chi connectivity index (χ4v) is 2.85. The van der Waals surface area contributed by atoms with E-state index in [-0.39, 0.29) is 12.5 Å². The van der Waals surface area contributed by atoms with Crippen molar-refractivity contribution in [3.05, 3.63) is 29.8 Å². The van der Waals surface area contributed by atoms with E-state index in [0.717, 1.165) is 30.6 Å². The molecule has 0 radical (unpaired) electrons. The first-order valence-electron chi connectivity index (χ1n) is 7.42. The van der Waals surface area contributed by atoms with Crippen molar-refractivity contribution in [3.63, 3.8) is 0 Å². The first-order valence-corrected chi connectivity index (χ1v) is 7.42. The van der Waals surface area contributed by atoms with Gasteiger partial charge in [-0.2, -0.15) is 0 Å². The Morgan fingerprint density at radius 1 is 1.36 bits per heavy atom. The van der Waals surface area contributed by atoms with Crippen molar-refractivity contribution in [1.29, 1.82) is 0 Å². The number of hydrogen-bond donors (Lipinski definition) is 2. The van der Waals surface area contributed by atoms with E-state index in [1.54, 1.807) is 11.9 Å². The molecule has 0 bridgehead atoms. The van der Waals surface area contributed by atoms with E-state index in [4.69, 9.17) is 10.2 Å². The minimum atomic E-state index is -0.867. The molecule has 1 atom stereocenters. The van der Waals surface area contributed by atoms with Gasteiger partial charge in [0.2, 0.25) is 0 Å². The average molecular weight is 306 g/mol. The number of carbonyl (C=O) groups is 2. The molecule has 120 valence electrons. The van der Waals surface area contributed by atoms with E-state index >= 15 is 0 Å². The molecule has 6 heteroatoms. The van der Waals surface area contributed by atoms with Crippen molar-refractivity contribution in [2.75, 3.05) is 31.6 Å². The molecule has 6 nitrogen and oxygen atoms in total. The van der Waals surface area contributed by atoms with E-state index in [2.05, 4.69) is 4.90 Å². The molecule has 22 heavy (non-hydrogen) atoms. The number of aliphatic carboxylic acids is 2. The largest absolute Gasteiger partial charge is 0.481 e. The Hall–Kier alpha value is -2.08. The van der Waals surface area contributed by atoms with Gasteiger partial charge in [-0.3, -0.25) is 14.5 Å². The van der Waals surface area contributed by atoms with Crippen LogP contribution in [0.2, 0.25) is 0 Å². The zero-order valence-electron chi connectivity index (χ0n) is 12.7. The second-order valence-electron chi connectivity index (χ2n) is 5.83. The fraction of sp³-hybridized carbons (Fsp3) is 0.500. The highest BCUT2D eigenvalue weighted by Gasteiger charge is 2.25. The minimum absolute atomic E-state index is 0.0474. The second kappa shape index (κ2) is 7.26. The minimum Gasteiger partial charge on any atom is -0.481 e. The number of benzene rings is 1. The Morgan fingerprint density at radius 3 is 2.82 bits per heavy atom. The summed E-state index contributed by atoms with van der Waals surface area (Å²) in [6.07, 6.45) is 1.64. The van der Waals surface area contributed by atoms with Crippen molar-refractivity contribution < 1.29 is 19.8 Å². The van der Waals surface area contributed by atoms with Crippen LogP contribution in [0.3, 0.4) is 0 Å². The molecule has 0 saturated carbocycles. The highest BCUT2D eigenvalue weighted by Crippen LogP contribution is 2.21. The Kier molecular flexibility index (Phi) is 5.38. The zero-order valence-corrected chi connectivity index (χ0v) is 12.7. The third-order valence-corrected chi connectivity index (χ3v) is 3.98. The topological polar surface area (TPSA) is 81.1 Å². The molecular weight excluding hydrogens is 284 g/mol. The molecule has 2 N–H and O–H groups in total. The summed E-state index contributed by atoms with van der Waals surface area (Å²) in [6.45, 7) is 2.12. The molecular formula is C16H22N2O4. The van der Waals surface area contributed by atoms with Crippen molar-refractivity contribution in [3.8, 4) is 0 Å². The predicted molar refractivity (Wildman–Crippen MR) is 83.0 cm³/mol. The van der Waals surface area contributed by atoms with Crippen LogP contribution in [0.25, 0.3) is 0 Å². The summed E-state index contributed by atoms with van der Waals surface area (Å²) in [4.78, 5) is 25.7. The maximum Gasteiger partial charge on any atom is 0.323 e. The molecule has 1 aliphatic heterocycles. The highest BCUT2D eigenvalue weighted by atomic mass is 16.4. The van der Waals surface area contributed by atoms with Gasteiger partial charge in [0.25, 0.3) is 0 Å². The normalized spacial score (nSPS) is 18.9. The molecule has 1 aromatic carbocycles. The number of likely N-dealkylation sites (tertiary alicyclic amines) is 1. The summed E-state index contributed by atoms with van der Waals surface area (Å²) in [6, 6.07) is 7.74. The fourth-order valence-electron chi connectivity index (χ4n) is 2.85. The van der Waals surface area contributed by atoms with Gasteiger partial charge >= 0.3 is 11.9 Å². The maximum absolute atomic E-state index is 11.1. The lowest BCUT2D eigenvalue weighted by atomic mass is 9.98. The number of carboxylic acids is 2. The van der Waals surface area contributed by atoms with Gasteiger partial charge in [-0.25, -0.2) is 0 Å². The van der Waals surface area contributed by atoms with Gasteiger partial charge in [0.15, 0.2) is 0 Å². The van der Waals surface area contributed by atoms with Gasteiger partial charge in [0.1, 0.15) is 6.54 Å². The molecule has 1 aliphatic rings. The lowest BCUT2D eigenvalue weighted by Crippen LogP contribution is -2.38. The summed E-state index contributed by atoms with van der Waals surface area (Å²) in [5, 5.41) is 18.0. The van der Waals surface area contributed by atoms with E-state index in [9.17, 15) is 9.59 Å². The van der Waals surface area contributed by atoms with Crippen LogP contribution < -0.4 is 4.90 Å². The number of piperidine rings is 1. The molecule has 0 amide bonds. The van der Waals surface area contributed by atoms with Crippen LogP contribution in [-0.2, 0) is 16.1 Å². The van der Waals surface area contributed by atoms with Crippen LogP contribution >= 0.6 is 0 Å². The summed E-state index contributed by atoms with van der Waals surface area (Å²) < 4.78 is 0. The molecule has 1 saturated heterocycles. The number of hydrogen-bond acceptors (Lipinski definition) is 4. The summed E-state index contributed by atoms with van der Waals surface area (Å²) >= 11 is 0. The molecule has 1 aromatic rings. The van der Waals surface area contributed by atoms with E-state index in [1.807, 2.05) is 24.3 Å². The SMILES string of the molecule is CN(CC(=O)O)c1cccc(CN2CCCC(C(=O)O)C2)c1. The molecule has 2 rings (SSSR count). The second-order valence-corrected chi connectivity index (χ2v) is 5.83. The lowest BCUT2D eigenvalue weighted by molar-refractivity contribution is -0.143. The van der Waals surface area contributed by atoms with Gasteiger partial charge < -0.3 is 15.1 Å². The number of nitrogens with zero attached hydrogens (tertiary/aromatic N) is 2. The van der Waals surface area contributed by atoms with Crippen LogP contribution in [0.15, 0.2) is 24.3 Å². The molecule has 1 fully saturated rings. The summed E-state index contributed by atoms with van der Waals surface area (Å²) in [7, 11) is 1.74. The number of anilines is 1. The third kappa shape index (κ3) is 4.46. The highest BCUT2D eigenvalue weighted by molar-refractivity contribution is 5.73. The van der Waals surface area contributed by atoms with Gasteiger partial charge in [-0.05, 0) is 37.1 Å². The first kappa shape index (κ1) is 16.3. The van der Waals surface area contributed by atoms with Crippen LogP contribution in [0.5, 0.6) is 0 Å². The van der Waals surface area contributed by atoms with Crippen molar-refractivity contribution >= 4 is 17.6 Å². The molecule has 0 spiro atoms. The standard InChI is InChI=1S/C16H22N2O4/c1-17(11-15(19)20)14-6-2-4-12(8-14)9-18-7-3-5-13(10-18)16(21)22/h2,4,6,8,13H,3,5,7,9-11H2,1H3,(H,19,20)(H,21,22). The van der Waals surface area contributed by atoms with Crippen LogP contribution in [0, 0.1) is 5.92 Å². The first-order chi connectivity index (χ1) is 10.5. The Bertz CT molecular complexity index is 547. The zero-order chi connectivity index (χ0) is 16.1. The van der Waals surface area contributed by atoms with Gasteiger partial charge in [0, 0.05) is 25.8 Å². The number of likely N-dealkylation sites (N-methyl/N-ethyl adjacent to an activating group) is 1. The van der Waals surface area contributed by atoms with Gasteiger partial charge in [-0.1, -0.05) is 12.1 Å². The van der Waals surface area contributed by atoms with Gasteiger partial charge in [0.05, 0.1) is 5.92 Å². The number of rotatable bonds is 6. The Morgan fingerprint density at radius 2 is 2.14 bits per heavy atom. The molecule has 0 aromatic heterocycles. The predicted octanol–water partition coefficient (Wildman–Crippen LogP) is 1.50. The summed E-state index contributed by atoms with van der Waals surface area (Å²) in [5.74, 6) is -1.88. The van der Waals surface area contributed by atoms with Crippen LogP contribution in [-0.4, -0.2) is 53.7 Å². The maximum atomic E-state index is 11.1. The van der Waals surface area contributed by atoms with E-state index < -0.39 is 11.9 Å². The summed E-state index contributed by atoms with van der Waals surface area (Å²) in [5.41, 5.74) is 1.92.